The molecule has 0 N–H and O–H groups in total. The van der Waals surface area contributed by atoms with Crippen molar-refractivity contribution < 1.29 is 0 Å². The molecular weight excluding hydrogens is 348 g/mol. The van der Waals surface area contributed by atoms with E-state index in [2.05, 4.69) is 123 Å². The summed E-state index contributed by atoms with van der Waals surface area (Å²) in [5.74, 6) is 0. The zero-order valence-corrected chi connectivity index (χ0v) is 17.1. The van der Waals surface area contributed by atoms with Gasteiger partial charge in [-0.2, -0.15) is 0 Å². The van der Waals surface area contributed by atoms with Gasteiger partial charge >= 0.3 is 0 Å². The molecule has 0 heteroatoms. The van der Waals surface area contributed by atoms with Crippen molar-refractivity contribution in [1.82, 2.24) is 0 Å². The molecule has 0 aliphatic heterocycles. The average molecular weight is 375 g/mol. The standard InChI is InChI=1S/C29H26/c1-22-13-17-24(18-14-22)21-28(25-9-5-3-6-10-25)29(26-11-7-4-8-12-26)27-19-15-23(2)16-20-27/h3-20H,21H2,1-2H3/b29-28-. The Morgan fingerprint density at radius 2 is 0.931 bits per heavy atom. The van der Waals surface area contributed by atoms with E-state index in [1.807, 2.05) is 0 Å². The highest BCUT2D eigenvalue weighted by Gasteiger charge is 2.14. The Morgan fingerprint density at radius 1 is 0.483 bits per heavy atom. The summed E-state index contributed by atoms with van der Waals surface area (Å²) in [6, 6.07) is 39.3. The minimum Gasteiger partial charge on any atom is -0.0622 e. The van der Waals surface area contributed by atoms with Gasteiger partial charge in [-0.3, -0.25) is 0 Å². The van der Waals surface area contributed by atoms with E-state index < -0.39 is 0 Å². The molecule has 29 heavy (non-hydrogen) atoms. The van der Waals surface area contributed by atoms with Crippen LogP contribution >= 0.6 is 0 Å². The van der Waals surface area contributed by atoms with E-state index in [-0.39, 0.29) is 0 Å². The first-order chi connectivity index (χ1) is 14.2. The molecule has 0 bridgehead atoms. The first kappa shape index (κ1) is 19.0. The monoisotopic (exact) mass is 374 g/mol. The lowest BCUT2D eigenvalue weighted by atomic mass is 9.86. The summed E-state index contributed by atoms with van der Waals surface area (Å²) in [7, 11) is 0. The van der Waals surface area contributed by atoms with Crippen molar-refractivity contribution in [1.29, 1.82) is 0 Å². The van der Waals surface area contributed by atoms with Gasteiger partial charge in [-0.25, -0.2) is 0 Å². The van der Waals surface area contributed by atoms with Crippen molar-refractivity contribution in [2.24, 2.45) is 0 Å². The zero-order chi connectivity index (χ0) is 20.1. The minimum absolute atomic E-state index is 0.891. The minimum atomic E-state index is 0.891. The molecule has 0 unspecified atom stereocenters. The fourth-order valence-electron chi connectivity index (χ4n) is 3.72. The highest BCUT2D eigenvalue weighted by atomic mass is 14.2. The second kappa shape index (κ2) is 8.75. The van der Waals surface area contributed by atoms with Crippen LogP contribution in [-0.4, -0.2) is 0 Å². The summed E-state index contributed by atoms with van der Waals surface area (Å²) in [5, 5.41) is 0. The Hall–Kier alpha value is -3.38. The molecule has 0 saturated carbocycles. The number of aryl methyl sites for hydroxylation is 2. The first-order valence-corrected chi connectivity index (χ1v) is 10.2. The summed E-state index contributed by atoms with van der Waals surface area (Å²) in [5.41, 5.74) is 10.3. The zero-order valence-electron chi connectivity index (χ0n) is 17.1. The van der Waals surface area contributed by atoms with Crippen LogP contribution in [0.2, 0.25) is 0 Å². The first-order valence-electron chi connectivity index (χ1n) is 10.2. The summed E-state index contributed by atoms with van der Waals surface area (Å²) in [4.78, 5) is 0. The number of hydrogen-bond donors (Lipinski definition) is 0. The lowest BCUT2D eigenvalue weighted by molar-refractivity contribution is 1.26. The Kier molecular flexibility index (Phi) is 5.72. The van der Waals surface area contributed by atoms with Crippen LogP contribution < -0.4 is 0 Å². The summed E-state index contributed by atoms with van der Waals surface area (Å²) in [6.07, 6.45) is 0.891. The third-order valence-corrected chi connectivity index (χ3v) is 5.33. The molecular formula is C29H26. The Balaban J connectivity index is 1.96. The van der Waals surface area contributed by atoms with Gasteiger partial charge in [0.15, 0.2) is 0 Å². The molecule has 0 saturated heterocycles. The van der Waals surface area contributed by atoms with Crippen molar-refractivity contribution >= 4 is 11.1 Å². The highest BCUT2D eigenvalue weighted by Crippen LogP contribution is 2.34. The Bertz CT molecular complexity index is 1080. The molecule has 0 atom stereocenters. The molecule has 0 heterocycles. The molecule has 0 aromatic heterocycles. The quantitative estimate of drug-likeness (QED) is 0.317. The molecule has 4 aromatic carbocycles. The molecule has 0 amide bonds. The predicted molar refractivity (Wildman–Crippen MR) is 125 cm³/mol. The maximum Gasteiger partial charge on any atom is -0.00134 e. The van der Waals surface area contributed by atoms with Crippen molar-refractivity contribution in [3.05, 3.63) is 143 Å². The van der Waals surface area contributed by atoms with Gasteiger partial charge in [-0.05, 0) is 53.7 Å². The molecule has 0 aliphatic rings. The van der Waals surface area contributed by atoms with Crippen LogP contribution in [0, 0.1) is 13.8 Å². The Labute approximate surface area is 174 Å². The van der Waals surface area contributed by atoms with Gasteiger partial charge < -0.3 is 0 Å². The molecule has 142 valence electrons. The molecule has 4 rings (SSSR count). The normalized spacial score (nSPS) is 11.8. The van der Waals surface area contributed by atoms with E-state index in [1.54, 1.807) is 0 Å². The summed E-state index contributed by atoms with van der Waals surface area (Å²) < 4.78 is 0. The topological polar surface area (TPSA) is 0 Å². The van der Waals surface area contributed by atoms with Gasteiger partial charge in [-0.1, -0.05) is 120 Å². The van der Waals surface area contributed by atoms with Gasteiger partial charge in [0.05, 0.1) is 0 Å². The molecule has 0 fully saturated rings. The van der Waals surface area contributed by atoms with Gasteiger partial charge in [-0.15, -0.1) is 0 Å². The van der Waals surface area contributed by atoms with Crippen LogP contribution in [0.25, 0.3) is 11.1 Å². The van der Waals surface area contributed by atoms with E-state index in [0.717, 1.165) is 6.42 Å². The number of hydrogen-bond acceptors (Lipinski definition) is 0. The number of rotatable bonds is 5. The lowest BCUT2D eigenvalue weighted by Crippen LogP contribution is -1.99. The SMILES string of the molecule is Cc1ccc(C/C(=C(\c2ccccc2)c2ccc(C)cc2)c2ccccc2)cc1. The van der Waals surface area contributed by atoms with Gasteiger partial charge in [0.2, 0.25) is 0 Å². The summed E-state index contributed by atoms with van der Waals surface area (Å²) in [6.45, 7) is 4.28. The lowest BCUT2D eigenvalue weighted by Gasteiger charge is -2.18. The smallest absolute Gasteiger partial charge is 0.00134 e. The molecule has 0 radical (unpaired) electrons. The summed E-state index contributed by atoms with van der Waals surface area (Å²) >= 11 is 0. The van der Waals surface area contributed by atoms with Crippen molar-refractivity contribution in [2.45, 2.75) is 20.3 Å². The molecule has 4 aromatic rings. The van der Waals surface area contributed by atoms with Crippen LogP contribution in [0.4, 0.5) is 0 Å². The average Bonchev–Trinajstić information content (AvgIpc) is 2.77. The van der Waals surface area contributed by atoms with E-state index in [9.17, 15) is 0 Å². The third kappa shape index (κ3) is 4.55. The second-order valence-electron chi connectivity index (χ2n) is 7.61. The maximum atomic E-state index is 2.25. The van der Waals surface area contributed by atoms with Crippen LogP contribution in [0.3, 0.4) is 0 Å². The van der Waals surface area contributed by atoms with E-state index in [0.29, 0.717) is 0 Å². The maximum absolute atomic E-state index is 2.25. The molecule has 0 nitrogen and oxygen atoms in total. The molecule has 0 aliphatic carbocycles. The Morgan fingerprint density at radius 3 is 1.48 bits per heavy atom. The van der Waals surface area contributed by atoms with Crippen LogP contribution in [0.15, 0.2) is 109 Å². The number of allylic oxidation sites excluding steroid dienone is 1. The van der Waals surface area contributed by atoms with Crippen LogP contribution in [0.5, 0.6) is 0 Å². The fourth-order valence-corrected chi connectivity index (χ4v) is 3.72. The van der Waals surface area contributed by atoms with E-state index in [1.165, 1.54) is 44.5 Å². The van der Waals surface area contributed by atoms with Crippen molar-refractivity contribution in [2.75, 3.05) is 0 Å². The molecule has 0 spiro atoms. The van der Waals surface area contributed by atoms with Crippen molar-refractivity contribution in [3.8, 4) is 0 Å². The van der Waals surface area contributed by atoms with E-state index >= 15 is 0 Å². The fraction of sp³-hybridized carbons (Fsp3) is 0.103. The van der Waals surface area contributed by atoms with E-state index in [4.69, 9.17) is 0 Å². The van der Waals surface area contributed by atoms with Gasteiger partial charge in [0.1, 0.15) is 0 Å². The third-order valence-electron chi connectivity index (χ3n) is 5.33. The number of benzene rings is 4. The largest absolute Gasteiger partial charge is 0.0622 e. The highest BCUT2D eigenvalue weighted by molar-refractivity contribution is 5.99. The van der Waals surface area contributed by atoms with Crippen LogP contribution in [-0.2, 0) is 6.42 Å². The van der Waals surface area contributed by atoms with Gasteiger partial charge in [0.25, 0.3) is 0 Å². The predicted octanol–water partition coefficient (Wildman–Crippen LogP) is 7.51. The second-order valence-corrected chi connectivity index (χ2v) is 7.61. The van der Waals surface area contributed by atoms with Gasteiger partial charge in [0, 0.05) is 0 Å². The van der Waals surface area contributed by atoms with Crippen molar-refractivity contribution in [3.63, 3.8) is 0 Å². The van der Waals surface area contributed by atoms with Crippen LogP contribution in [0.1, 0.15) is 33.4 Å².